The lowest BCUT2D eigenvalue weighted by Crippen LogP contribution is -2.41. The van der Waals surface area contributed by atoms with Crippen molar-refractivity contribution in [1.82, 2.24) is 0 Å². The molecule has 2 aromatic carbocycles. The van der Waals surface area contributed by atoms with E-state index in [2.05, 4.69) is 10.6 Å². The Labute approximate surface area is 159 Å². The molecule has 2 rings (SSSR count). The van der Waals surface area contributed by atoms with Crippen molar-refractivity contribution in [2.75, 3.05) is 24.9 Å². The first kappa shape index (κ1) is 20.3. The number of rotatable bonds is 6. The van der Waals surface area contributed by atoms with Crippen molar-refractivity contribution in [3.8, 4) is 11.5 Å². The van der Waals surface area contributed by atoms with E-state index in [1.807, 2.05) is 32.0 Å². The van der Waals surface area contributed by atoms with Gasteiger partial charge < -0.3 is 20.1 Å². The zero-order valence-electron chi connectivity index (χ0n) is 16.6. The summed E-state index contributed by atoms with van der Waals surface area (Å²) in [7, 11) is 3.05. The summed E-state index contributed by atoms with van der Waals surface area (Å²) in [5.74, 6) is 0.207. The van der Waals surface area contributed by atoms with E-state index in [0.29, 0.717) is 22.9 Å². The number of carbonyl (C=O) groups excluding carboxylic acids is 2. The fourth-order valence-electron chi connectivity index (χ4n) is 2.40. The predicted molar refractivity (Wildman–Crippen MR) is 107 cm³/mol. The van der Waals surface area contributed by atoms with Gasteiger partial charge in [0.15, 0.2) is 0 Å². The van der Waals surface area contributed by atoms with Gasteiger partial charge in [0.2, 0.25) is 11.8 Å². The van der Waals surface area contributed by atoms with E-state index in [1.54, 1.807) is 32.0 Å². The molecule has 0 bridgehead atoms. The number of benzene rings is 2. The minimum Gasteiger partial charge on any atom is -0.497 e. The first-order valence-electron chi connectivity index (χ1n) is 8.61. The number of hydrogen-bond acceptors (Lipinski definition) is 4. The molecule has 0 radical (unpaired) electrons. The second kappa shape index (κ2) is 8.12. The molecule has 0 unspecified atom stereocenters. The molecule has 2 N–H and O–H groups in total. The summed E-state index contributed by atoms with van der Waals surface area (Å²) in [5.41, 5.74) is 2.00. The first-order valence-corrected chi connectivity index (χ1v) is 8.61. The van der Waals surface area contributed by atoms with Gasteiger partial charge >= 0.3 is 0 Å². The van der Waals surface area contributed by atoms with Crippen molar-refractivity contribution in [2.24, 2.45) is 5.41 Å². The Kier molecular flexibility index (Phi) is 6.10. The molecule has 2 aromatic rings. The number of amides is 2. The van der Waals surface area contributed by atoms with E-state index in [4.69, 9.17) is 9.47 Å². The summed E-state index contributed by atoms with van der Waals surface area (Å²) in [4.78, 5) is 25.5. The fourth-order valence-corrected chi connectivity index (χ4v) is 2.40. The van der Waals surface area contributed by atoms with Crippen molar-refractivity contribution in [3.63, 3.8) is 0 Å². The number of carbonyl (C=O) groups is 2. The van der Waals surface area contributed by atoms with E-state index in [0.717, 1.165) is 11.1 Å². The molecule has 2 amide bonds. The van der Waals surface area contributed by atoms with Crippen LogP contribution < -0.4 is 20.1 Å². The monoisotopic (exact) mass is 370 g/mol. The van der Waals surface area contributed by atoms with Crippen LogP contribution in [0.25, 0.3) is 0 Å². The lowest BCUT2D eigenvalue weighted by atomic mass is 9.90. The third-order valence-electron chi connectivity index (χ3n) is 4.55. The Hall–Kier alpha value is -3.02. The first-order chi connectivity index (χ1) is 12.7. The zero-order chi connectivity index (χ0) is 20.2. The highest BCUT2D eigenvalue weighted by molar-refractivity contribution is 6.14. The van der Waals surface area contributed by atoms with Gasteiger partial charge in [0, 0.05) is 11.8 Å². The zero-order valence-corrected chi connectivity index (χ0v) is 16.6. The summed E-state index contributed by atoms with van der Waals surface area (Å²) in [6.07, 6.45) is 0. The summed E-state index contributed by atoms with van der Waals surface area (Å²) in [6.45, 7) is 7.12. The smallest absolute Gasteiger partial charge is 0.239 e. The topological polar surface area (TPSA) is 76.7 Å². The van der Waals surface area contributed by atoms with Gasteiger partial charge in [-0.3, -0.25) is 9.59 Å². The van der Waals surface area contributed by atoms with E-state index in [1.165, 1.54) is 14.2 Å². The van der Waals surface area contributed by atoms with Gasteiger partial charge in [0.1, 0.15) is 16.9 Å². The molecule has 6 heteroatoms. The van der Waals surface area contributed by atoms with Gasteiger partial charge in [-0.2, -0.15) is 0 Å². The highest BCUT2D eigenvalue weighted by Gasteiger charge is 2.36. The molecule has 0 aromatic heterocycles. The number of ether oxygens (including phenoxy) is 2. The Morgan fingerprint density at radius 2 is 1.52 bits per heavy atom. The lowest BCUT2D eigenvalue weighted by molar-refractivity contribution is -0.135. The van der Waals surface area contributed by atoms with Crippen LogP contribution in [-0.2, 0) is 9.59 Å². The molecular formula is C21H26N2O4. The third kappa shape index (κ3) is 4.58. The molecule has 144 valence electrons. The standard InChI is InChI=1S/C21H26N2O4/c1-13-7-8-15(11-14(13)2)22-19(24)21(3,4)20(25)23-17-12-16(26-5)9-10-18(17)27-6/h7-12H,1-6H3,(H,22,24)(H,23,25). The quantitative estimate of drug-likeness (QED) is 0.756. The number of methoxy groups -OCH3 is 2. The number of aryl methyl sites for hydroxylation is 2. The maximum absolute atomic E-state index is 12.8. The molecule has 0 aliphatic carbocycles. The van der Waals surface area contributed by atoms with Gasteiger partial charge in [-0.05, 0) is 63.1 Å². The molecule has 0 heterocycles. The Morgan fingerprint density at radius 1 is 0.852 bits per heavy atom. The molecule has 0 saturated carbocycles. The van der Waals surface area contributed by atoms with Gasteiger partial charge in [-0.1, -0.05) is 6.07 Å². The van der Waals surface area contributed by atoms with Gasteiger partial charge in [-0.25, -0.2) is 0 Å². The normalized spacial score (nSPS) is 10.9. The van der Waals surface area contributed by atoms with Crippen LogP contribution in [0, 0.1) is 19.3 Å². The lowest BCUT2D eigenvalue weighted by Gasteiger charge is -2.23. The van der Waals surface area contributed by atoms with Gasteiger partial charge in [0.05, 0.1) is 19.9 Å². The van der Waals surface area contributed by atoms with Crippen molar-refractivity contribution in [2.45, 2.75) is 27.7 Å². The average molecular weight is 370 g/mol. The maximum atomic E-state index is 12.8. The van der Waals surface area contributed by atoms with Crippen molar-refractivity contribution in [3.05, 3.63) is 47.5 Å². The minimum absolute atomic E-state index is 0.398. The van der Waals surface area contributed by atoms with Crippen LogP contribution in [0.2, 0.25) is 0 Å². The molecular weight excluding hydrogens is 344 g/mol. The molecule has 0 saturated heterocycles. The average Bonchev–Trinajstić information content (AvgIpc) is 2.64. The van der Waals surface area contributed by atoms with E-state index in [9.17, 15) is 9.59 Å². The van der Waals surface area contributed by atoms with E-state index < -0.39 is 17.2 Å². The van der Waals surface area contributed by atoms with Crippen molar-refractivity contribution >= 4 is 23.2 Å². The van der Waals surface area contributed by atoms with E-state index >= 15 is 0 Å². The van der Waals surface area contributed by atoms with Crippen LogP contribution in [0.3, 0.4) is 0 Å². The molecule has 0 spiro atoms. The Balaban J connectivity index is 2.18. The van der Waals surface area contributed by atoms with Crippen molar-refractivity contribution < 1.29 is 19.1 Å². The maximum Gasteiger partial charge on any atom is 0.239 e. The molecule has 0 aliphatic rings. The largest absolute Gasteiger partial charge is 0.497 e. The summed E-state index contributed by atoms with van der Waals surface area (Å²) >= 11 is 0. The highest BCUT2D eigenvalue weighted by Crippen LogP contribution is 2.31. The molecule has 0 fully saturated rings. The van der Waals surface area contributed by atoms with E-state index in [-0.39, 0.29) is 0 Å². The van der Waals surface area contributed by atoms with Crippen LogP contribution >= 0.6 is 0 Å². The SMILES string of the molecule is COc1ccc(OC)c(NC(=O)C(C)(C)C(=O)Nc2ccc(C)c(C)c2)c1. The predicted octanol–water partition coefficient (Wildman–Crippen LogP) is 3.92. The summed E-state index contributed by atoms with van der Waals surface area (Å²) < 4.78 is 10.5. The van der Waals surface area contributed by atoms with Crippen LogP contribution in [0.15, 0.2) is 36.4 Å². The second-order valence-electron chi connectivity index (χ2n) is 6.90. The Morgan fingerprint density at radius 3 is 2.11 bits per heavy atom. The van der Waals surface area contributed by atoms with Gasteiger partial charge in [0.25, 0.3) is 0 Å². The Bertz CT molecular complexity index is 859. The minimum atomic E-state index is -1.30. The van der Waals surface area contributed by atoms with Crippen LogP contribution in [0.1, 0.15) is 25.0 Å². The highest BCUT2D eigenvalue weighted by atomic mass is 16.5. The summed E-state index contributed by atoms with van der Waals surface area (Å²) in [6, 6.07) is 10.7. The molecule has 6 nitrogen and oxygen atoms in total. The van der Waals surface area contributed by atoms with Crippen molar-refractivity contribution in [1.29, 1.82) is 0 Å². The van der Waals surface area contributed by atoms with Crippen LogP contribution in [0.4, 0.5) is 11.4 Å². The summed E-state index contributed by atoms with van der Waals surface area (Å²) in [5, 5.41) is 5.57. The molecule has 0 atom stereocenters. The number of hydrogen-bond donors (Lipinski definition) is 2. The number of nitrogens with one attached hydrogen (secondary N) is 2. The van der Waals surface area contributed by atoms with Gasteiger partial charge in [-0.15, -0.1) is 0 Å². The number of anilines is 2. The third-order valence-corrected chi connectivity index (χ3v) is 4.55. The van der Waals surface area contributed by atoms with Crippen LogP contribution in [0.5, 0.6) is 11.5 Å². The fraction of sp³-hybridized carbons (Fsp3) is 0.333. The van der Waals surface area contributed by atoms with Crippen LogP contribution in [-0.4, -0.2) is 26.0 Å². The molecule has 0 aliphatic heterocycles. The second-order valence-corrected chi connectivity index (χ2v) is 6.90. The molecule has 27 heavy (non-hydrogen) atoms.